The van der Waals surface area contributed by atoms with Crippen molar-refractivity contribution in [3.05, 3.63) is 29.0 Å². The second-order valence-corrected chi connectivity index (χ2v) is 3.36. The number of rotatable bonds is 5. The van der Waals surface area contributed by atoms with Crippen LogP contribution in [0, 0.1) is 5.82 Å². The molecule has 3 nitrogen and oxygen atoms in total. The van der Waals surface area contributed by atoms with E-state index >= 15 is 0 Å². The van der Waals surface area contributed by atoms with Gasteiger partial charge in [0.15, 0.2) is 11.6 Å². The van der Waals surface area contributed by atoms with E-state index in [-0.39, 0.29) is 29.8 Å². The van der Waals surface area contributed by atoms with E-state index in [1.165, 1.54) is 18.2 Å². The molecule has 5 heteroatoms. The van der Waals surface area contributed by atoms with E-state index in [1.807, 2.05) is 0 Å². The topological polar surface area (TPSA) is 35.5 Å². The lowest BCUT2D eigenvalue weighted by atomic mass is 10.3. The number of benzene rings is 1. The van der Waals surface area contributed by atoms with Gasteiger partial charge < -0.3 is 9.47 Å². The molecule has 0 fully saturated rings. The number of hydrogen-bond donors (Lipinski definition) is 0. The number of para-hydroxylation sites is 1. The van der Waals surface area contributed by atoms with E-state index in [4.69, 9.17) is 21.1 Å². The van der Waals surface area contributed by atoms with Crippen LogP contribution in [-0.2, 0) is 9.53 Å². The first kappa shape index (κ1) is 12.8. The summed E-state index contributed by atoms with van der Waals surface area (Å²) in [5.74, 6) is -0.959. The average molecular weight is 247 g/mol. The van der Waals surface area contributed by atoms with E-state index in [9.17, 15) is 9.18 Å². The molecule has 0 aliphatic rings. The van der Waals surface area contributed by atoms with Gasteiger partial charge in [-0.25, -0.2) is 4.39 Å². The summed E-state index contributed by atoms with van der Waals surface area (Å²) in [6, 6.07) is 4.24. The first-order valence-corrected chi connectivity index (χ1v) is 5.25. The van der Waals surface area contributed by atoms with Crippen LogP contribution in [0.15, 0.2) is 18.2 Å². The standard InChI is InChI=1S/C11H12ClFO3/c1-2-15-10(14)6-7-16-11-8(12)4-3-5-9(11)13/h3-5H,2,6-7H2,1H3. The van der Waals surface area contributed by atoms with Crippen LogP contribution in [0.3, 0.4) is 0 Å². The number of hydrogen-bond acceptors (Lipinski definition) is 3. The lowest BCUT2D eigenvalue weighted by Gasteiger charge is -2.08. The fourth-order valence-electron chi connectivity index (χ4n) is 1.09. The van der Waals surface area contributed by atoms with E-state index < -0.39 is 5.82 Å². The monoisotopic (exact) mass is 246 g/mol. The molecular weight excluding hydrogens is 235 g/mol. The highest BCUT2D eigenvalue weighted by atomic mass is 35.5. The quantitative estimate of drug-likeness (QED) is 0.750. The van der Waals surface area contributed by atoms with Gasteiger partial charge in [0.2, 0.25) is 0 Å². The maximum absolute atomic E-state index is 13.2. The molecule has 0 spiro atoms. The fourth-order valence-corrected chi connectivity index (χ4v) is 1.31. The summed E-state index contributed by atoms with van der Waals surface area (Å²) in [5, 5.41) is 0.184. The zero-order valence-corrected chi connectivity index (χ0v) is 9.59. The highest BCUT2D eigenvalue weighted by Gasteiger charge is 2.09. The van der Waals surface area contributed by atoms with Crippen LogP contribution in [-0.4, -0.2) is 19.2 Å². The Bertz CT molecular complexity index is 348. The highest BCUT2D eigenvalue weighted by molar-refractivity contribution is 6.32. The summed E-state index contributed by atoms with van der Waals surface area (Å²) in [7, 11) is 0. The number of carbonyl (C=O) groups excluding carboxylic acids is 1. The van der Waals surface area contributed by atoms with Gasteiger partial charge >= 0.3 is 5.97 Å². The van der Waals surface area contributed by atoms with Crippen molar-refractivity contribution in [2.24, 2.45) is 0 Å². The molecule has 0 amide bonds. The van der Waals surface area contributed by atoms with Crippen molar-refractivity contribution in [3.63, 3.8) is 0 Å². The number of ether oxygens (including phenoxy) is 2. The molecule has 0 saturated heterocycles. The van der Waals surface area contributed by atoms with Crippen LogP contribution in [0.5, 0.6) is 5.75 Å². The van der Waals surface area contributed by atoms with Crippen LogP contribution in [0.1, 0.15) is 13.3 Å². The van der Waals surface area contributed by atoms with Crippen LogP contribution in [0.25, 0.3) is 0 Å². The van der Waals surface area contributed by atoms with Crippen molar-refractivity contribution in [1.82, 2.24) is 0 Å². The first-order chi connectivity index (χ1) is 7.65. The van der Waals surface area contributed by atoms with Crippen LogP contribution < -0.4 is 4.74 Å². The maximum atomic E-state index is 13.2. The van der Waals surface area contributed by atoms with Gasteiger partial charge in [-0.15, -0.1) is 0 Å². The summed E-state index contributed by atoms with van der Waals surface area (Å²) in [6.07, 6.45) is 0.0680. The molecule has 0 unspecified atom stereocenters. The van der Waals surface area contributed by atoms with E-state index in [2.05, 4.69) is 0 Å². The van der Waals surface area contributed by atoms with Crippen LogP contribution in [0.4, 0.5) is 4.39 Å². The van der Waals surface area contributed by atoms with Gasteiger partial charge in [0.05, 0.1) is 24.7 Å². The fraction of sp³-hybridized carbons (Fsp3) is 0.364. The summed E-state index contributed by atoms with van der Waals surface area (Å²) in [6.45, 7) is 2.07. The van der Waals surface area contributed by atoms with Crippen molar-refractivity contribution in [1.29, 1.82) is 0 Å². The van der Waals surface area contributed by atoms with E-state index in [0.717, 1.165) is 0 Å². The minimum atomic E-state index is -0.545. The summed E-state index contributed by atoms with van der Waals surface area (Å²) >= 11 is 5.72. The smallest absolute Gasteiger partial charge is 0.309 e. The Labute approximate surface area is 98.1 Å². The molecule has 0 atom stereocenters. The second kappa shape index (κ2) is 6.33. The van der Waals surface area contributed by atoms with Crippen molar-refractivity contribution in [3.8, 4) is 5.75 Å². The Hall–Kier alpha value is -1.29. The Morgan fingerprint density at radius 3 is 2.88 bits per heavy atom. The van der Waals surface area contributed by atoms with Crippen molar-refractivity contribution >= 4 is 17.6 Å². The largest absolute Gasteiger partial charge is 0.488 e. The number of halogens is 2. The minimum absolute atomic E-state index is 0.0338. The molecule has 0 heterocycles. The zero-order valence-electron chi connectivity index (χ0n) is 8.83. The minimum Gasteiger partial charge on any atom is -0.488 e. The van der Waals surface area contributed by atoms with Gasteiger partial charge in [-0.2, -0.15) is 0 Å². The van der Waals surface area contributed by atoms with Crippen LogP contribution >= 0.6 is 11.6 Å². The summed E-state index contributed by atoms with van der Waals surface area (Å²) in [4.78, 5) is 11.0. The highest BCUT2D eigenvalue weighted by Crippen LogP contribution is 2.27. The van der Waals surface area contributed by atoms with Crippen molar-refractivity contribution in [2.45, 2.75) is 13.3 Å². The molecular formula is C11H12ClFO3. The lowest BCUT2D eigenvalue weighted by Crippen LogP contribution is -2.10. The second-order valence-electron chi connectivity index (χ2n) is 2.95. The number of carbonyl (C=O) groups is 1. The lowest BCUT2D eigenvalue weighted by molar-refractivity contribution is -0.143. The van der Waals surface area contributed by atoms with Crippen molar-refractivity contribution < 1.29 is 18.7 Å². The predicted molar refractivity (Wildman–Crippen MR) is 58.2 cm³/mol. The molecule has 0 aromatic heterocycles. The molecule has 1 rings (SSSR count). The van der Waals surface area contributed by atoms with Crippen molar-refractivity contribution in [2.75, 3.05) is 13.2 Å². The maximum Gasteiger partial charge on any atom is 0.309 e. The van der Waals surface area contributed by atoms with E-state index in [1.54, 1.807) is 6.92 Å². The van der Waals surface area contributed by atoms with Crippen LogP contribution in [0.2, 0.25) is 5.02 Å². The van der Waals surface area contributed by atoms with Gasteiger partial charge in [-0.05, 0) is 19.1 Å². The molecule has 0 N–H and O–H groups in total. The molecule has 1 aromatic rings. The van der Waals surface area contributed by atoms with E-state index in [0.29, 0.717) is 6.61 Å². The SMILES string of the molecule is CCOC(=O)CCOc1c(F)cccc1Cl. The third-order valence-electron chi connectivity index (χ3n) is 1.78. The average Bonchev–Trinajstić information content (AvgIpc) is 2.23. The Balaban J connectivity index is 2.46. The van der Waals surface area contributed by atoms with Gasteiger partial charge in [-0.1, -0.05) is 17.7 Å². The third kappa shape index (κ3) is 3.70. The molecule has 0 aliphatic heterocycles. The normalized spacial score (nSPS) is 9.94. The molecule has 16 heavy (non-hydrogen) atoms. The number of esters is 1. The zero-order chi connectivity index (χ0) is 12.0. The van der Waals surface area contributed by atoms with Gasteiger partial charge in [0, 0.05) is 0 Å². The predicted octanol–water partition coefficient (Wildman–Crippen LogP) is 2.81. The van der Waals surface area contributed by atoms with Gasteiger partial charge in [0.1, 0.15) is 0 Å². The Kier molecular flexibility index (Phi) is 5.05. The summed E-state index contributed by atoms with van der Waals surface area (Å²) < 4.78 is 23.0. The first-order valence-electron chi connectivity index (χ1n) is 4.87. The Morgan fingerprint density at radius 1 is 1.50 bits per heavy atom. The molecule has 0 radical (unpaired) electrons. The third-order valence-corrected chi connectivity index (χ3v) is 2.07. The Morgan fingerprint density at radius 2 is 2.25 bits per heavy atom. The van der Waals surface area contributed by atoms with Gasteiger partial charge in [-0.3, -0.25) is 4.79 Å². The molecule has 0 aliphatic carbocycles. The molecule has 1 aromatic carbocycles. The molecule has 0 bridgehead atoms. The summed E-state index contributed by atoms with van der Waals surface area (Å²) in [5.41, 5.74) is 0. The molecule has 0 saturated carbocycles. The van der Waals surface area contributed by atoms with Gasteiger partial charge in [0.25, 0.3) is 0 Å². The molecule has 88 valence electrons.